The van der Waals surface area contributed by atoms with Gasteiger partial charge in [-0.25, -0.2) is 4.39 Å². The van der Waals surface area contributed by atoms with Crippen molar-refractivity contribution in [2.45, 2.75) is 12.8 Å². The third-order valence-corrected chi connectivity index (χ3v) is 4.25. The van der Waals surface area contributed by atoms with Gasteiger partial charge in [0, 0.05) is 11.4 Å². The number of halogens is 2. The molecule has 0 aliphatic carbocycles. The van der Waals surface area contributed by atoms with Crippen LogP contribution in [0.2, 0.25) is 0 Å². The summed E-state index contributed by atoms with van der Waals surface area (Å²) in [7, 11) is 0. The highest BCUT2D eigenvalue weighted by Crippen LogP contribution is 2.25. The quantitative estimate of drug-likeness (QED) is 0.402. The van der Waals surface area contributed by atoms with E-state index in [1.54, 1.807) is 12.1 Å². The first-order valence-electron chi connectivity index (χ1n) is 7.70. The molecule has 0 fully saturated rings. The van der Waals surface area contributed by atoms with Crippen molar-refractivity contribution in [1.82, 2.24) is 0 Å². The van der Waals surface area contributed by atoms with Gasteiger partial charge in [-0.05, 0) is 47.4 Å². The molecule has 3 aromatic carbocycles. The monoisotopic (exact) mass is 334 g/mol. The van der Waals surface area contributed by atoms with Crippen molar-refractivity contribution in [3.05, 3.63) is 94.8 Å². The van der Waals surface area contributed by atoms with Gasteiger partial charge in [-0.2, -0.15) is 0 Å². The molecule has 118 valence electrons. The Morgan fingerprint density at radius 1 is 0.875 bits per heavy atom. The topological polar surface area (TPSA) is 0 Å². The first-order valence-corrected chi connectivity index (χ1v) is 8.24. The van der Waals surface area contributed by atoms with Gasteiger partial charge in [-0.15, -0.1) is 11.6 Å². The lowest BCUT2D eigenvalue weighted by Crippen LogP contribution is -1.89. The Balaban J connectivity index is 1.98. The largest absolute Gasteiger partial charge is 0.206 e. The van der Waals surface area contributed by atoms with Gasteiger partial charge in [-0.1, -0.05) is 60.4 Å². The van der Waals surface area contributed by atoms with E-state index in [2.05, 4.69) is 30.0 Å². The molecule has 0 aliphatic heterocycles. The molecule has 0 saturated heterocycles. The van der Waals surface area contributed by atoms with E-state index in [9.17, 15) is 4.39 Å². The van der Waals surface area contributed by atoms with Gasteiger partial charge in [0.2, 0.25) is 0 Å². The molecule has 0 amide bonds. The van der Waals surface area contributed by atoms with E-state index >= 15 is 0 Å². The van der Waals surface area contributed by atoms with Crippen LogP contribution in [0, 0.1) is 24.6 Å². The maximum absolute atomic E-state index is 14.0. The van der Waals surface area contributed by atoms with Crippen molar-refractivity contribution in [1.29, 1.82) is 0 Å². The van der Waals surface area contributed by atoms with E-state index in [1.165, 1.54) is 6.07 Å². The Bertz CT molecular complexity index is 918. The molecule has 0 N–H and O–H groups in total. The van der Waals surface area contributed by atoms with Gasteiger partial charge in [0.05, 0.1) is 5.56 Å². The smallest absolute Gasteiger partial charge is 0.139 e. The number of rotatable bonds is 2. The Morgan fingerprint density at radius 2 is 1.62 bits per heavy atom. The minimum atomic E-state index is -0.336. The highest BCUT2D eigenvalue weighted by atomic mass is 35.5. The molecule has 0 aromatic heterocycles. The first kappa shape index (κ1) is 16.3. The highest BCUT2D eigenvalue weighted by Gasteiger charge is 2.05. The van der Waals surface area contributed by atoms with Crippen LogP contribution in [0.1, 0.15) is 22.3 Å². The zero-order valence-corrected chi connectivity index (χ0v) is 14.1. The van der Waals surface area contributed by atoms with Crippen molar-refractivity contribution in [2.75, 3.05) is 0 Å². The summed E-state index contributed by atoms with van der Waals surface area (Å²) in [5, 5.41) is 0. The molecular formula is C22H16ClF. The van der Waals surface area contributed by atoms with Gasteiger partial charge >= 0.3 is 0 Å². The Labute approximate surface area is 146 Å². The van der Waals surface area contributed by atoms with Crippen LogP contribution in [-0.2, 0) is 5.88 Å². The van der Waals surface area contributed by atoms with Crippen molar-refractivity contribution in [2.24, 2.45) is 0 Å². The minimum absolute atomic E-state index is 0.295. The molecular weight excluding hydrogens is 319 g/mol. The van der Waals surface area contributed by atoms with Crippen LogP contribution in [0.3, 0.4) is 0 Å². The number of benzene rings is 3. The molecule has 0 atom stereocenters. The van der Waals surface area contributed by atoms with Crippen molar-refractivity contribution < 1.29 is 4.39 Å². The summed E-state index contributed by atoms with van der Waals surface area (Å²) in [6.07, 6.45) is 0. The first-order chi connectivity index (χ1) is 11.7. The van der Waals surface area contributed by atoms with Gasteiger partial charge in [0.15, 0.2) is 0 Å². The zero-order valence-electron chi connectivity index (χ0n) is 13.3. The lowest BCUT2D eigenvalue weighted by atomic mass is 9.96. The third kappa shape index (κ3) is 3.50. The predicted molar refractivity (Wildman–Crippen MR) is 98.6 cm³/mol. The van der Waals surface area contributed by atoms with E-state index in [1.807, 2.05) is 37.3 Å². The predicted octanol–water partition coefficient (Wildman–Crippen LogP) is 5.94. The lowest BCUT2D eigenvalue weighted by molar-refractivity contribution is 0.623. The van der Waals surface area contributed by atoms with E-state index in [-0.39, 0.29) is 5.82 Å². The van der Waals surface area contributed by atoms with Crippen molar-refractivity contribution >= 4 is 11.6 Å². The fraction of sp³-hybridized carbons (Fsp3) is 0.0909. The Morgan fingerprint density at radius 3 is 2.33 bits per heavy atom. The summed E-state index contributed by atoms with van der Waals surface area (Å²) in [6.45, 7) is 2.04. The molecule has 0 unspecified atom stereocenters. The fourth-order valence-corrected chi connectivity index (χ4v) is 2.75. The molecule has 0 nitrogen and oxygen atoms in total. The third-order valence-electron chi connectivity index (χ3n) is 3.94. The summed E-state index contributed by atoms with van der Waals surface area (Å²) < 4.78 is 14.0. The molecule has 0 radical (unpaired) electrons. The maximum atomic E-state index is 14.0. The van der Waals surface area contributed by atoms with Crippen LogP contribution in [0.5, 0.6) is 0 Å². The zero-order chi connectivity index (χ0) is 16.9. The second kappa shape index (κ2) is 7.34. The number of hydrogen-bond donors (Lipinski definition) is 0. The minimum Gasteiger partial charge on any atom is -0.206 e. The van der Waals surface area contributed by atoms with Crippen LogP contribution in [0.4, 0.5) is 4.39 Å². The van der Waals surface area contributed by atoms with Crippen LogP contribution in [-0.4, -0.2) is 0 Å². The van der Waals surface area contributed by atoms with Crippen LogP contribution < -0.4 is 0 Å². The molecule has 0 heterocycles. The number of hydrogen-bond acceptors (Lipinski definition) is 0. The molecule has 0 saturated carbocycles. The Kier molecular flexibility index (Phi) is 4.99. The molecule has 24 heavy (non-hydrogen) atoms. The summed E-state index contributed by atoms with van der Waals surface area (Å²) in [4.78, 5) is 0. The van der Waals surface area contributed by atoms with E-state index < -0.39 is 0 Å². The average Bonchev–Trinajstić information content (AvgIpc) is 2.62. The van der Waals surface area contributed by atoms with Gasteiger partial charge < -0.3 is 0 Å². The van der Waals surface area contributed by atoms with Crippen LogP contribution >= 0.6 is 11.6 Å². The maximum Gasteiger partial charge on any atom is 0.139 e. The lowest BCUT2D eigenvalue weighted by Gasteiger charge is -2.07. The fourth-order valence-electron chi connectivity index (χ4n) is 2.58. The summed E-state index contributed by atoms with van der Waals surface area (Å²) in [6, 6.07) is 21.1. The standard InChI is InChI=1S/C22H16ClF/c1-16-18(8-5-9-21(16)19-6-3-2-4-7-19)12-13-20-11-10-17(15-23)14-22(20)24/h2-11,14H,15H2,1H3. The normalized spacial score (nSPS) is 10.1. The Hall–Kier alpha value is -2.56. The van der Waals surface area contributed by atoms with E-state index in [4.69, 9.17) is 11.6 Å². The molecule has 0 aliphatic rings. The van der Waals surface area contributed by atoms with E-state index in [0.717, 1.165) is 27.8 Å². The molecule has 3 aromatic rings. The van der Waals surface area contributed by atoms with E-state index in [0.29, 0.717) is 11.4 Å². The van der Waals surface area contributed by atoms with Crippen molar-refractivity contribution in [3.63, 3.8) is 0 Å². The molecule has 0 spiro atoms. The second-order valence-electron chi connectivity index (χ2n) is 5.54. The summed E-state index contributed by atoms with van der Waals surface area (Å²) >= 11 is 5.72. The second-order valence-corrected chi connectivity index (χ2v) is 5.81. The highest BCUT2D eigenvalue weighted by molar-refractivity contribution is 6.17. The summed E-state index contributed by atoms with van der Waals surface area (Å²) in [5.41, 5.74) is 5.41. The summed E-state index contributed by atoms with van der Waals surface area (Å²) in [5.74, 6) is 5.99. The van der Waals surface area contributed by atoms with Crippen LogP contribution in [0.15, 0.2) is 66.7 Å². The van der Waals surface area contributed by atoms with Gasteiger partial charge in [-0.3, -0.25) is 0 Å². The molecule has 2 heteroatoms. The van der Waals surface area contributed by atoms with Gasteiger partial charge in [0.25, 0.3) is 0 Å². The molecule has 3 rings (SSSR count). The average molecular weight is 335 g/mol. The number of alkyl halides is 1. The SMILES string of the molecule is Cc1c(C#Cc2ccc(CCl)cc2F)cccc1-c1ccccc1. The molecule has 0 bridgehead atoms. The van der Waals surface area contributed by atoms with Gasteiger partial charge in [0.1, 0.15) is 5.82 Å². The van der Waals surface area contributed by atoms with Crippen molar-refractivity contribution in [3.8, 4) is 23.0 Å². The van der Waals surface area contributed by atoms with Crippen LogP contribution in [0.25, 0.3) is 11.1 Å².